The van der Waals surface area contributed by atoms with Crippen molar-refractivity contribution in [3.05, 3.63) is 65.5 Å². The fourth-order valence-electron chi connectivity index (χ4n) is 5.39. The number of piperidine rings is 1. The van der Waals surface area contributed by atoms with E-state index in [1.165, 1.54) is 0 Å². The zero-order valence-corrected chi connectivity index (χ0v) is 21.2. The molecule has 0 aliphatic carbocycles. The van der Waals surface area contributed by atoms with Gasteiger partial charge in [-0.2, -0.15) is 0 Å². The van der Waals surface area contributed by atoms with Crippen molar-refractivity contribution in [2.24, 2.45) is 5.41 Å². The molecule has 198 valence electrons. The van der Waals surface area contributed by atoms with Crippen LogP contribution in [-0.2, 0) is 24.2 Å². The lowest BCUT2D eigenvalue weighted by molar-refractivity contribution is -0.133. The second kappa shape index (κ2) is 10.4. The van der Waals surface area contributed by atoms with Crippen LogP contribution in [0, 0.1) is 5.41 Å². The average Bonchev–Trinajstić information content (AvgIpc) is 3.60. The first kappa shape index (κ1) is 24.3. The molecular formula is C28H31N5O5. The van der Waals surface area contributed by atoms with Crippen molar-refractivity contribution >= 4 is 11.8 Å². The highest BCUT2D eigenvalue weighted by atomic mass is 16.7. The lowest BCUT2D eigenvalue weighted by Gasteiger charge is -2.40. The molecule has 4 bridgehead atoms. The summed E-state index contributed by atoms with van der Waals surface area (Å²) in [5, 5.41) is 11.8. The number of carbonyl (C=O) groups excluding carboxylic acids is 2. The van der Waals surface area contributed by atoms with Gasteiger partial charge in [0.25, 0.3) is 5.91 Å². The summed E-state index contributed by atoms with van der Waals surface area (Å²) in [5.74, 6) is 2.00. The second-order valence-corrected chi connectivity index (χ2v) is 10.1. The van der Waals surface area contributed by atoms with Gasteiger partial charge in [0.15, 0.2) is 11.5 Å². The summed E-state index contributed by atoms with van der Waals surface area (Å²) < 4.78 is 18.5. The number of nitrogens with one attached hydrogen (secondary N) is 1. The molecule has 3 aromatic rings. The van der Waals surface area contributed by atoms with Gasteiger partial charge in [0.05, 0.1) is 17.7 Å². The van der Waals surface area contributed by atoms with Crippen LogP contribution in [0.2, 0.25) is 0 Å². The lowest BCUT2D eigenvalue weighted by Crippen LogP contribution is -2.51. The van der Waals surface area contributed by atoms with Crippen molar-refractivity contribution in [3.8, 4) is 17.2 Å². The van der Waals surface area contributed by atoms with E-state index in [0.29, 0.717) is 69.1 Å². The molecule has 1 aromatic heterocycles. The van der Waals surface area contributed by atoms with Gasteiger partial charge in [-0.05, 0) is 55.2 Å². The molecule has 0 atom stereocenters. The number of ether oxygens (including phenoxy) is 3. The number of aromatic nitrogens is 3. The van der Waals surface area contributed by atoms with Crippen LogP contribution in [0.15, 0.2) is 48.7 Å². The third kappa shape index (κ3) is 5.03. The summed E-state index contributed by atoms with van der Waals surface area (Å²) in [4.78, 5) is 28.8. The quantitative estimate of drug-likeness (QED) is 0.529. The predicted molar refractivity (Wildman–Crippen MR) is 137 cm³/mol. The van der Waals surface area contributed by atoms with Gasteiger partial charge in [-0.1, -0.05) is 17.3 Å². The smallest absolute Gasteiger partial charge is 0.253 e. The summed E-state index contributed by atoms with van der Waals surface area (Å²) in [7, 11) is 0. The third-order valence-corrected chi connectivity index (χ3v) is 7.64. The van der Waals surface area contributed by atoms with E-state index in [1.54, 1.807) is 18.2 Å². The summed E-state index contributed by atoms with van der Waals surface area (Å²) in [5.41, 5.74) is 1.82. The van der Waals surface area contributed by atoms with E-state index in [9.17, 15) is 9.59 Å². The molecular weight excluding hydrogens is 486 g/mol. The van der Waals surface area contributed by atoms with Crippen LogP contribution in [0.25, 0.3) is 0 Å². The fourth-order valence-corrected chi connectivity index (χ4v) is 5.39. The molecule has 2 aromatic carbocycles. The van der Waals surface area contributed by atoms with Crippen molar-refractivity contribution in [2.45, 2.75) is 38.6 Å². The number of carbonyl (C=O) groups is 2. The van der Waals surface area contributed by atoms with E-state index >= 15 is 0 Å². The molecule has 1 fully saturated rings. The van der Waals surface area contributed by atoms with E-state index < -0.39 is 5.41 Å². The number of hydrogen-bond donors (Lipinski definition) is 1. The van der Waals surface area contributed by atoms with Crippen molar-refractivity contribution in [2.75, 3.05) is 33.0 Å². The summed E-state index contributed by atoms with van der Waals surface area (Å²) in [6, 6.07) is 13.3. The average molecular weight is 518 g/mol. The maximum absolute atomic E-state index is 13.7. The van der Waals surface area contributed by atoms with Gasteiger partial charge >= 0.3 is 0 Å². The van der Waals surface area contributed by atoms with Gasteiger partial charge in [0, 0.05) is 50.8 Å². The highest BCUT2D eigenvalue weighted by Crippen LogP contribution is 2.37. The SMILES string of the molecule is O=C(c1ccc2c(c1)OCO2)N1CCC2(CC1)Cc1cn(nn1)CCCOc1ccc(cc1)CCNC2=O. The Kier molecular flexibility index (Phi) is 6.61. The second-order valence-electron chi connectivity index (χ2n) is 10.1. The van der Waals surface area contributed by atoms with Gasteiger partial charge in [0.2, 0.25) is 12.7 Å². The molecule has 5 heterocycles. The Bertz CT molecular complexity index is 1310. The predicted octanol–water partition coefficient (Wildman–Crippen LogP) is 2.61. The van der Waals surface area contributed by atoms with E-state index in [1.807, 2.05) is 40.0 Å². The minimum absolute atomic E-state index is 0.00602. The monoisotopic (exact) mass is 517 g/mol. The molecule has 7 rings (SSSR count). The molecule has 10 nitrogen and oxygen atoms in total. The van der Waals surface area contributed by atoms with Gasteiger partial charge in [0.1, 0.15) is 5.75 Å². The Labute approximate surface area is 220 Å². The fraction of sp³-hybridized carbons (Fsp3) is 0.429. The molecule has 10 heteroatoms. The Balaban J connectivity index is 1.19. The molecule has 4 aliphatic heterocycles. The van der Waals surface area contributed by atoms with E-state index in [0.717, 1.165) is 29.8 Å². The lowest BCUT2D eigenvalue weighted by atomic mass is 9.73. The zero-order valence-electron chi connectivity index (χ0n) is 21.2. The Morgan fingerprint density at radius 2 is 1.79 bits per heavy atom. The first-order valence-corrected chi connectivity index (χ1v) is 13.2. The van der Waals surface area contributed by atoms with Gasteiger partial charge in [-0.3, -0.25) is 14.3 Å². The first-order valence-electron chi connectivity index (χ1n) is 13.2. The van der Waals surface area contributed by atoms with Crippen LogP contribution in [0.5, 0.6) is 17.2 Å². The van der Waals surface area contributed by atoms with E-state index in [-0.39, 0.29) is 18.6 Å². The van der Waals surface area contributed by atoms with E-state index in [4.69, 9.17) is 14.2 Å². The standard InChI is InChI=1S/C28H31N5O5/c34-26(21-4-7-24-25(16-21)38-19-37-24)32-13-9-28(10-14-32)17-22-18-33(31-30-22)12-1-15-36-23-5-2-20(3-6-23)8-11-29-27(28)35/h2-7,16,18H,1,8-15,17,19H2,(H,29,35). The van der Waals surface area contributed by atoms with Gasteiger partial charge < -0.3 is 24.4 Å². The number of rotatable bonds is 1. The van der Waals surface area contributed by atoms with Crippen molar-refractivity contribution in [1.82, 2.24) is 25.2 Å². The normalized spacial score (nSPS) is 19.1. The third-order valence-electron chi connectivity index (χ3n) is 7.64. The summed E-state index contributed by atoms with van der Waals surface area (Å²) in [6.07, 6.45) is 5.02. The molecule has 0 saturated carbocycles. The minimum atomic E-state index is -0.659. The van der Waals surface area contributed by atoms with E-state index in [2.05, 4.69) is 15.6 Å². The highest BCUT2D eigenvalue weighted by Gasteiger charge is 2.43. The van der Waals surface area contributed by atoms with Crippen molar-refractivity contribution in [3.63, 3.8) is 0 Å². The molecule has 1 spiro atoms. The maximum atomic E-state index is 13.7. The number of fused-ring (bicyclic) bond motifs is 9. The Hall–Kier alpha value is -4.08. The molecule has 0 radical (unpaired) electrons. The number of hydrogen-bond acceptors (Lipinski definition) is 7. The van der Waals surface area contributed by atoms with Crippen LogP contribution in [0.3, 0.4) is 0 Å². The Morgan fingerprint density at radius 1 is 0.974 bits per heavy atom. The number of nitrogens with zero attached hydrogens (tertiary/aromatic N) is 4. The largest absolute Gasteiger partial charge is 0.494 e. The van der Waals surface area contributed by atoms with Crippen LogP contribution >= 0.6 is 0 Å². The molecule has 4 aliphatic rings. The van der Waals surface area contributed by atoms with Crippen LogP contribution < -0.4 is 19.5 Å². The number of aryl methyl sites for hydroxylation is 1. The number of likely N-dealkylation sites (tertiary alicyclic amines) is 1. The van der Waals surface area contributed by atoms with Crippen LogP contribution in [0.1, 0.15) is 40.9 Å². The summed E-state index contributed by atoms with van der Waals surface area (Å²) >= 11 is 0. The molecule has 38 heavy (non-hydrogen) atoms. The Morgan fingerprint density at radius 3 is 2.63 bits per heavy atom. The molecule has 1 N–H and O–H groups in total. The first-order chi connectivity index (χ1) is 18.6. The van der Waals surface area contributed by atoms with Crippen molar-refractivity contribution < 1.29 is 23.8 Å². The van der Waals surface area contributed by atoms with Gasteiger partial charge in [-0.25, -0.2) is 0 Å². The summed E-state index contributed by atoms with van der Waals surface area (Å²) in [6.45, 7) is 2.93. The highest BCUT2D eigenvalue weighted by molar-refractivity contribution is 5.95. The molecule has 1 saturated heterocycles. The molecule has 0 unspecified atom stereocenters. The van der Waals surface area contributed by atoms with Crippen LogP contribution in [-0.4, -0.2) is 64.7 Å². The topological polar surface area (TPSA) is 108 Å². The number of benzene rings is 2. The van der Waals surface area contributed by atoms with Crippen molar-refractivity contribution in [1.29, 1.82) is 0 Å². The maximum Gasteiger partial charge on any atom is 0.253 e. The molecule has 2 amide bonds. The minimum Gasteiger partial charge on any atom is -0.494 e. The van der Waals surface area contributed by atoms with Gasteiger partial charge in [-0.15, -0.1) is 5.10 Å². The number of amides is 2. The zero-order chi connectivity index (χ0) is 26.0. The van der Waals surface area contributed by atoms with Crippen LogP contribution in [0.4, 0.5) is 0 Å².